The topological polar surface area (TPSA) is 71.3 Å². The summed E-state index contributed by atoms with van der Waals surface area (Å²) >= 11 is 0. The van der Waals surface area contributed by atoms with E-state index >= 15 is 0 Å². The van der Waals surface area contributed by atoms with Gasteiger partial charge in [-0.2, -0.15) is 4.98 Å². The van der Waals surface area contributed by atoms with Crippen molar-refractivity contribution in [3.05, 3.63) is 77.1 Å². The first-order valence-electron chi connectivity index (χ1n) is 10.5. The fourth-order valence-corrected chi connectivity index (χ4v) is 3.80. The van der Waals surface area contributed by atoms with Crippen molar-refractivity contribution in [2.24, 2.45) is 0 Å². The van der Waals surface area contributed by atoms with Crippen molar-refractivity contribution < 1.29 is 13.7 Å². The molecule has 0 spiro atoms. The molecule has 2 aromatic carbocycles. The summed E-state index contributed by atoms with van der Waals surface area (Å²) in [5.41, 5.74) is 4.36. The van der Waals surface area contributed by atoms with Crippen LogP contribution in [0, 0.1) is 5.82 Å². The van der Waals surface area contributed by atoms with Crippen molar-refractivity contribution in [1.82, 2.24) is 20.4 Å². The number of halogens is 1. The number of aromatic nitrogens is 2. The zero-order valence-corrected chi connectivity index (χ0v) is 17.9. The number of benzene rings is 2. The Morgan fingerprint density at radius 2 is 1.81 bits per heavy atom. The fraction of sp³-hybridized carbons (Fsp3) is 0.292. The monoisotopic (exact) mass is 420 g/mol. The van der Waals surface area contributed by atoms with Crippen molar-refractivity contribution in [2.45, 2.75) is 39.7 Å². The van der Waals surface area contributed by atoms with Crippen molar-refractivity contribution >= 4 is 11.6 Å². The minimum atomic E-state index is -0.409. The van der Waals surface area contributed by atoms with Crippen molar-refractivity contribution in [2.75, 3.05) is 6.54 Å². The molecule has 1 atom stereocenters. The van der Waals surface area contributed by atoms with E-state index in [1.807, 2.05) is 26.0 Å². The molecule has 3 aromatic rings. The molecule has 1 aliphatic heterocycles. The molecule has 2 amide bonds. The molecule has 0 saturated carbocycles. The van der Waals surface area contributed by atoms with Crippen LogP contribution >= 0.6 is 0 Å². The highest BCUT2D eigenvalue weighted by atomic mass is 19.1. The molecule has 4 rings (SSSR count). The van der Waals surface area contributed by atoms with E-state index in [2.05, 4.69) is 34.5 Å². The molecule has 31 heavy (non-hydrogen) atoms. The van der Waals surface area contributed by atoms with E-state index in [1.54, 1.807) is 17.0 Å². The number of aryl methyl sites for hydroxylation is 1. The SMILES string of the molecule is CCCN1C(=O)NC(c2ccc(CC)cc2)C(c2nc(-c3ccc(F)cc3)no2)=C1C. The Hall–Kier alpha value is -3.48. The van der Waals surface area contributed by atoms with Gasteiger partial charge in [0.1, 0.15) is 5.82 Å². The lowest BCUT2D eigenvalue weighted by molar-refractivity contribution is 0.205. The van der Waals surface area contributed by atoms with E-state index in [1.165, 1.54) is 17.7 Å². The van der Waals surface area contributed by atoms with Crippen molar-refractivity contribution in [1.29, 1.82) is 0 Å². The lowest BCUT2D eigenvalue weighted by Crippen LogP contribution is -2.46. The minimum absolute atomic E-state index is 0.147. The Bertz CT molecular complexity index is 1100. The zero-order chi connectivity index (χ0) is 22.0. The lowest BCUT2D eigenvalue weighted by Gasteiger charge is -2.35. The zero-order valence-electron chi connectivity index (χ0n) is 17.9. The third-order valence-corrected chi connectivity index (χ3v) is 5.52. The summed E-state index contributed by atoms with van der Waals surface area (Å²) in [5, 5.41) is 7.19. The van der Waals surface area contributed by atoms with Crippen LogP contribution in [0.1, 0.15) is 50.3 Å². The van der Waals surface area contributed by atoms with E-state index in [0.717, 1.165) is 29.7 Å². The van der Waals surface area contributed by atoms with Gasteiger partial charge in [-0.05, 0) is 55.2 Å². The van der Waals surface area contributed by atoms with Gasteiger partial charge in [-0.25, -0.2) is 9.18 Å². The van der Waals surface area contributed by atoms with Crippen LogP contribution in [0.25, 0.3) is 17.0 Å². The standard InChI is InChI=1S/C24H25FN4O2/c1-4-14-29-15(3)20(21(26-24(29)30)17-8-6-16(5-2)7-9-17)23-27-22(28-31-23)18-10-12-19(25)13-11-18/h6-13,21H,4-5,14H2,1-3H3,(H,26,30). The number of hydrogen-bond donors (Lipinski definition) is 1. The highest BCUT2D eigenvalue weighted by Gasteiger charge is 2.35. The summed E-state index contributed by atoms with van der Waals surface area (Å²) < 4.78 is 18.9. The molecular weight excluding hydrogens is 395 g/mol. The number of hydrogen-bond acceptors (Lipinski definition) is 4. The van der Waals surface area contributed by atoms with Crippen molar-refractivity contribution in [3.63, 3.8) is 0 Å². The van der Waals surface area contributed by atoms with E-state index in [4.69, 9.17) is 4.52 Å². The first kappa shape index (κ1) is 20.8. The quantitative estimate of drug-likeness (QED) is 0.584. The lowest BCUT2D eigenvalue weighted by atomic mass is 9.93. The van der Waals surface area contributed by atoms with Gasteiger partial charge < -0.3 is 9.84 Å². The predicted octanol–water partition coefficient (Wildman–Crippen LogP) is 5.35. The largest absolute Gasteiger partial charge is 0.334 e. The maximum atomic E-state index is 13.3. The highest BCUT2D eigenvalue weighted by molar-refractivity contribution is 5.86. The van der Waals surface area contributed by atoms with Gasteiger partial charge in [-0.1, -0.05) is 43.3 Å². The smallest absolute Gasteiger partial charge is 0.322 e. The molecule has 1 unspecified atom stereocenters. The minimum Gasteiger partial charge on any atom is -0.334 e. The Morgan fingerprint density at radius 1 is 1.10 bits per heavy atom. The van der Waals surface area contributed by atoms with Gasteiger partial charge in [0, 0.05) is 17.8 Å². The molecule has 0 aliphatic carbocycles. The van der Waals surface area contributed by atoms with Gasteiger partial charge in [-0.15, -0.1) is 0 Å². The average Bonchev–Trinajstić information content (AvgIpc) is 3.26. The van der Waals surface area contributed by atoms with Crippen LogP contribution in [0.15, 0.2) is 58.8 Å². The first-order chi connectivity index (χ1) is 15.0. The molecule has 0 bridgehead atoms. The summed E-state index contributed by atoms with van der Waals surface area (Å²) in [6.45, 7) is 6.61. The van der Waals surface area contributed by atoms with E-state index in [9.17, 15) is 9.18 Å². The number of allylic oxidation sites excluding steroid dienone is 1. The van der Waals surface area contributed by atoms with Crippen LogP contribution in [0.2, 0.25) is 0 Å². The van der Waals surface area contributed by atoms with Gasteiger partial charge in [0.2, 0.25) is 5.82 Å². The molecule has 1 aromatic heterocycles. The summed E-state index contributed by atoms with van der Waals surface area (Å²) in [7, 11) is 0. The molecule has 6 nitrogen and oxygen atoms in total. The van der Waals surface area contributed by atoms with E-state index in [0.29, 0.717) is 23.8 Å². The van der Waals surface area contributed by atoms with Crippen LogP contribution < -0.4 is 5.32 Å². The first-order valence-corrected chi connectivity index (χ1v) is 10.5. The van der Waals surface area contributed by atoms with Crippen LogP contribution in [0.4, 0.5) is 9.18 Å². The fourth-order valence-electron chi connectivity index (χ4n) is 3.80. The molecule has 0 fully saturated rings. The van der Waals surface area contributed by atoms with E-state index in [-0.39, 0.29) is 11.8 Å². The summed E-state index contributed by atoms with van der Waals surface area (Å²) in [4.78, 5) is 19.1. The molecule has 1 N–H and O–H groups in total. The van der Waals surface area contributed by atoms with Crippen molar-refractivity contribution in [3.8, 4) is 11.4 Å². The number of nitrogens with one attached hydrogen (secondary N) is 1. The summed E-state index contributed by atoms with van der Waals surface area (Å²) in [5.74, 6) is 0.378. The highest BCUT2D eigenvalue weighted by Crippen LogP contribution is 2.37. The summed E-state index contributed by atoms with van der Waals surface area (Å²) in [6.07, 6.45) is 1.76. The maximum absolute atomic E-state index is 13.3. The number of rotatable bonds is 6. The number of nitrogens with zero attached hydrogens (tertiary/aromatic N) is 3. The second-order valence-electron chi connectivity index (χ2n) is 7.56. The van der Waals surface area contributed by atoms with Crippen LogP contribution in [-0.4, -0.2) is 27.6 Å². The predicted molar refractivity (Wildman–Crippen MR) is 116 cm³/mol. The second kappa shape index (κ2) is 8.71. The Morgan fingerprint density at radius 3 is 2.45 bits per heavy atom. The Kier molecular flexibility index (Phi) is 5.84. The molecule has 0 saturated heterocycles. The maximum Gasteiger partial charge on any atom is 0.322 e. The second-order valence-corrected chi connectivity index (χ2v) is 7.56. The van der Waals surface area contributed by atoms with Crippen LogP contribution in [-0.2, 0) is 6.42 Å². The third-order valence-electron chi connectivity index (χ3n) is 5.52. The van der Waals surface area contributed by atoms with Gasteiger partial charge in [0.05, 0.1) is 11.6 Å². The molecular formula is C24H25FN4O2. The Balaban J connectivity index is 1.79. The average molecular weight is 420 g/mol. The third kappa shape index (κ3) is 4.08. The van der Waals surface area contributed by atoms with Crippen LogP contribution in [0.5, 0.6) is 0 Å². The summed E-state index contributed by atoms with van der Waals surface area (Å²) in [6, 6.07) is 13.5. The normalized spacial score (nSPS) is 16.6. The number of carbonyl (C=O) groups excluding carboxylic acids is 1. The number of amides is 2. The van der Waals surface area contributed by atoms with Crippen LogP contribution in [0.3, 0.4) is 0 Å². The molecule has 0 radical (unpaired) electrons. The number of carbonyl (C=O) groups is 1. The van der Waals surface area contributed by atoms with E-state index < -0.39 is 6.04 Å². The van der Waals surface area contributed by atoms with Gasteiger partial charge >= 0.3 is 6.03 Å². The molecule has 2 heterocycles. The Labute approximate surface area is 180 Å². The molecule has 7 heteroatoms. The van der Waals surface area contributed by atoms with Gasteiger partial charge in [0.15, 0.2) is 0 Å². The van der Waals surface area contributed by atoms with Gasteiger partial charge in [-0.3, -0.25) is 4.90 Å². The molecule has 160 valence electrons. The van der Waals surface area contributed by atoms with Gasteiger partial charge in [0.25, 0.3) is 5.89 Å². The number of urea groups is 1. The molecule has 1 aliphatic rings.